The normalized spacial score (nSPS) is 9.83. The Bertz CT molecular complexity index is 608. The van der Waals surface area contributed by atoms with E-state index in [9.17, 15) is 4.39 Å². The predicted octanol–water partition coefficient (Wildman–Crippen LogP) is 2.38. The zero-order valence-corrected chi connectivity index (χ0v) is 9.30. The van der Waals surface area contributed by atoms with Crippen LogP contribution in [0.2, 0.25) is 0 Å². The van der Waals surface area contributed by atoms with Crippen LogP contribution in [0.5, 0.6) is 11.6 Å². The Balaban J connectivity index is 2.41. The van der Waals surface area contributed by atoms with Crippen LogP contribution in [-0.2, 0) is 6.61 Å². The zero-order valence-electron chi connectivity index (χ0n) is 9.30. The highest BCUT2D eigenvalue weighted by Crippen LogP contribution is 2.27. The number of nitrogens with zero attached hydrogens (tertiary/aromatic N) is 2. The first-order valence-electron chi connectivity index (χ1n) is 5.17. The molecule has 1 aromatic carbocycles. The highest BCUT2D eigenvalue weighted by atomic mass is 19.1. The summed E-state index contributed by atoms with van der Waals surface area (Å²) in [5, 5.41) is 18.0. The maximum absolute atomic E-state index is 13.4. The standard InChI is InChI=1S/C13H9FN2O2/c14-11-4-1-5-12(10(11)7-15)18-13-9(8-17)3-2-6-16-13/h1-6,17H,8H2. The molecular formula is C13H9FN2O2. The van der Waals surface area contributed by atoms with Gasteiger partial charge in [-0.3, -0.25) is 0 Å². The van der Waals surface area contributed by atoms with Crippen LogP contribution in [0.3, 0.4) is 0 Å². The molecule has 0 spiro atoms. The molecule has 2 rings (SSSR count). The van der Waals surface area contributed by atoms with Gasteiger partial charge in [-0.2, -0.15) is 5.26 Å². The SMILES string of the molecule is N#Cc1c(F)cccc1Oc1ncccc1CO. The third-order valence-electron chi connectivity index (χ3n) is 2.31. The van der Waals surface area contributed by atoms with Crippen LogP contribution in [0.1, 0.15) is 11.1 Å². The molecule has 1 N–H and O–H groups in total. The lowest BCUT2D eigenvalue weighted by molar-refractivity contribution is 0.275. The lowest BCUT2D eigenvalue weighted by atomic mass is 10.2. The first kappa shape index (κ1) is 12.0. The lowest BCUT2D eigenvalue weighted by Gasteiger charge is -2.09. The van der Waals surface area contributed by atoms with Gasteiger partial charge in [-0.1, -0.05) is 6.07 Å². The molecule has 5 heteroatoms. The number of ether oxygens (including phenoxy) is 1. The Morgan fingerprint density at radius 1 is 1.33 bits per heavy atom. The Labute approximate surface area is 103 Å². The van der Waals surface area contributed by atoms with E-state index in [1.54, 1.807) is 18.2 Å². The molecule has 4 nitrogen and oxygen atoms in total. The second kappa shape index (κ2) is 5.25. The van der Waals surface area contributed by atoms with Crippen LogP contribution in [0.25, 0.3) is 0 Å². The summed E-state index contributed by atoms with van der Waals surface area (Å²) in [7, 11) is 0. The molecule has 1 heterocycles. The first-order chi connectivity index (χ1) is 8.76. The number of pyridine rings is 1. The van der Waals surface area contributed by atoms with Gasteiger partial charge in [0.1, 0.15) is 23.2 Å². The first-order valence-corrected chi connectivity index (χ1v) is 5.17. The van der Waals surface area contributed by atoms with E-state index in [4.69, 9.17) is 15.1 Å². The van der Waals surface area contributed by atoms with Crippen LogP contribution >= 0.6 is 0 Å². The average Bonchev–Trinajstić information content (AvgIpc) is 2.40. The second-order valence-electron chi connectivity index (χ2n) is 3.45. The summed E-state index contributed by atoms with van der Waals surface area (Å²) in [5.41, 5.74) is 0.276. The minimum Gasteiger partial charge on any atom is -0.437 e. The summed E-state index contributed by atoms with van der Waals surface area (Å²) < 4.78 is 18.7. The van der Waals surface area contributed by atoms with Crippen molar-refractivity contribution in [3.63, 3.8) is 0 Å². The number of benzene rings is 1. The van der Waals surface area contributed by atoms with Crippen LogP contribution < -0.4 is 4.74 Å². The molecule has 0 fully saturated rings. The smallest absolute Gasteiger partial charge is 0.224 e. The molecule has 0 aliphatic rings. The van der Waals surface area contributed by atoms with E-state index in [0.29, 0.717) is 5.56 Å². The number of aliphatic hydroxyl groups excluding tert-OH is 1. The molecule has 0 atom stereocenters. The van der Waals surface area contributed by atoms with E-state index in [1.807, 2.05) is 0 Å². The molecule has 0 bridgehead atoms. The summed E-state index contributed by atoms with van der Waals surface area (Å²) in [4.78, 5) is 3.94. The van der Waals surface area contributed by atoms with E-state index in [2.05, 4.69) is 4.98 Å². The Morgan fingerprint density at radius 3 is 2.89 bits per heavy atom. The molecule has 0 aliphatic carbocycles. The van der Waals surface area contributed by atoms with Crippen molar-refractivity contribution >= 4 is 0 Å². The predicted molar refractivity (Wildman–Crippen MR) is 61.3 cm³/mol. The molecule has 0 unspecified atom stereocenters. The van der Waals surface area contributed by atoms with E-state index in [0.717, 1.165) is 0 Å². The fraction of sp³-hybridized carbons (Fsp3) is 0.0769. The number of hydrogen-bond donors (Lipinski definition) is 1. The molecule has 0 saturated heterocycles. The maximum atomic E-state index is 13.4. The molecule has 2 aromatic rings. The summed E-state index contributed by atoms with van der Waals surface area (Å²) in [6, 6.07) is 9.10. The Kier molecular flexibility index (Phi) is 3.51. The summed E-state index contributed by atoms with van der Waals surface area (Å²) in [6.45, 7) is -0.250. The fourth-order valence-electron chi connectivity index (χ4n) is 1.44. The van der Waals surface area contributed by atoms with Gasteiger partial charge in [0, 0.05) is 11.8 Å². The van der Waals surface area contributed by atoms with Gasteiger partial charge in [0.2, 0.25) is 5.88 Å². The highest BCUT2D eigenvalue weighted by Gasteiger charge is 2.12. The minimum absolute atomic E-state index is 0.0749. The van der Waals surface area contributed by atoms with Gasteiger partial charge in [-0.05, 0) is 24.3 Å². The Morgan fingerprint density at radius 2 is 2.17 bits per heavy atom. The molecule has 1 aromatic heterocycles. The van der Waals surface area contributed by atoms with Crippen LogP contribution in [0.4, 0.5) is 4.39 Å². The van der Waals surface area contributed by atoms with E-state index < -0.39 is 5.82 Å². The molecule has 0 saturated carbocycles. The van der Waals surface area contributed by atoms with Crippen LogP contribution in [0, 0.1) is 17.1 Å². The van der Waals surface area contributed by atoms with Crippen molar-refractivity contribution in [2.24, 2.45) is 0 Å². The van der Waals surface area contributed by atoms with E-state index >= 15 is 0 Å². The van der Waals surface area contributed by atoms with Gasteiger partial charge >= 0.3 is 0 Å². The van der Waals surface area contributed by atoms with Crippen molar-refractivity contribution < 1.29 is 14.2 Å². The van der Waals surface area contributed by atoms with Crippen molar-refractivity contribution in [3.05, 3.63) is 53.5 Å². The highest BCUT2D eigenvalue weighted by molar-refractivity contribution is 5.46. The monoisotopic (exact) mass is 244 g/mol. The van der Waals surface area contributed by atoms with Crippen molar-refractivity contribution in [1.29, 1.82) is 5.26 Å². The summed E-state index contributed by atoms with van der Waals surface area (Å²) >= 11 is 0. The molecule has 18 heavy (non-hydrogen) atoms. The van der Waals surface area contributed by atoms with Gasteiger partial charge in [-0.25, -0.2) is 9.37 Å². The molecule has 0 aliphatic heterocycles. The quantitative estimate of drug-likeness (QED) is 0.900. The summed E-state index contributed by atoms with van der Waals surface area (Å²) in [5.74, 6) is -0.426. The third kappa shape index (κ3) is 2.29. The van der Waals surface area contributed by atoms with E-state index in [1.165, 1.54) is 24.4 Å². The molecule has 0 radical (unpaired) electrons. The van der Waals surface area contributed by atoms with Gasteiger partial charge in [0.05, 0.1) is 6.61 Å². The Hall–Kier alpha value is -2.45. The van der Waals surface area contributed by atoms with Crippen molar-refractivity contribution in [3.8, 4) is 17.7 Å². The number of nitriles is 1. The largest absolute Gasteiger partial charge is 0.437 e. The number of aromatic nitrogens is 1. The van der Waals surface area contributed by atoms with Gasteiger partial charge < -0.3 is 9.84 Å². The summed E-state index contributed by atoms with van der Waals surface area (Å²) in [6.07, 6.45) is 1.49. The van der Waals surface area contributed by atoms with Gasteiger partial charge in [-0.15, -0.1) is 0 Å². The third-order valence-corrected chi connectivity index (χ3v) is 2.31. The average molecular weight is 244 g/mol. The lowest BCUT2D eigenvalue weighted by Crippen LogP contribution is -1.97. The fourth-order valence-corrected chi connectivity index (χ4v) is 1.44. The molecular weight excluding hydrogens is 235 g/mol. The topological polar surface area (TPSA) is 66.1 Å². The molecule has 0 amide bonds. The van der Waals surface area contributed by atoms with Crippen molar-refractivity contribution in [2.75, 3.05) is 0 Å². The van der Waals surface area contributed by atoms with Crippen molar-refractivity contribution in [2.45, 2.75) is 6.61 Å². The zero-order chi connectivity index (χ0) is 13.0. The number of rotatable bonds is 3. The minimum atomic E-state index is -0.656. The second-order valence-corrected chi connectivity index (χ2v) is 3.45. The molecule has 90 valence electrons. The number of halogens is 1. The van der Waals surface area contributed by atoms with Crippen molar-refractivity contribution in [1.82, 2.24) is 4.98 Å². The number of aliphatic hydroxyl groups is 1. The van der Waals surface area contributed by atoms with Gasteiger partial charge in [0.25, 0.3) is 0 Å². The number of hydrogen-bond acceptors (Lipinski definition) is 4. The van der Waals surface area contributed by atoms with Gasteiger partial charge in [0.15, 0.2) is 0 Å². The van der Waals surface area contributed by atoms with Crippen LogP contribution in [0.15, 0.2) is 36.5 Å². The van der Waals surface area contributed by atoms with Crippen LogP contribution in [-0.4, -0.2) is 10.1 Å². The van der Waals surface area contributed by atoms with E-state index in [-0.39, 0.29) is 23.8 Å². The maximum Gasteiger partial charge on any atom is 0.224 e.